The average molecular weight is 292 g/mol. The minimum Gasteiger partial charge on any atom is -0.391 e. The minimum absolute atomic E-state index is 0.0404. The van der Waals surface area contributed by atoms with E-state index in [1.54, 1.807) is 31.3 Å². The molecule has 21 heavy (non-hydrogen) atoms. The number of carbonyl (C=O) groups excluding carboxylic acids is 2. The predicted octanol–water partition coefficient (Wildman–Crippen LogP) is -0.279. The number of rotatable bonds is 4. The summed E-state index contributed by atoms with van der Waals surface area (Å²) in [6.45, 7) is 0.657. The molecule has 0 saturated carbocycles. The topological polar surface area (TPSA) is 89.5 Å². The molecule has 1 aromatic rings. The number of hydrogen-bond donors (Lipinski definition) is 2. The number of imidazole rings is 1. The minimum atomic E-state index is -0.654. The lowest BCUT2D eigenvalue weighted by Gasteiger charge is -2.16. The molecule has 1 aliphatic rings. The van der Waals surface area contributed by atoms with Crippen molar-refractivity contribution in [3.8, 4) is 0 Å². The standard InChI is InChI=1S/C14H20N4O3/c1-17(2)14(21)5-10-7-18(8-12(10)19)13(20)4-3-11-6-15-9-16-11/h3-4,6,9-10,12,19H,5,7-8H2,1-2H3,(H,15,16)/b4-3+/t10-,12-/m0/s1. The lowest BCUT2D eigenvalue weighted by atomic mass is 10.0. The predicted molar refractivity (Wildman–Crippen MR) is 77.0 cm³/mol. The molecule has 2 rings (SSSR count). The zero-order chi connectivity index (χ0) is 15.4. The van der Waals surface area contributed by atoms with Gasteiger partial charge in [-0.1, -0.05) is 0 Å². The number of aromatic amines is 1. The summed E-state index contributed by atoms with van der Waals surface area (Å²) in [5.41, 5.74) is 0.738. The molecule has 1 aromatic heterocycles. The number of H-pyrrole nitrogens is 1. The first-order valence-corrected chi connectivity index (χ1v) is 6.81. The number of likely N-dealkylation sites (tertiary alicyclic amines) is 1. The van der Waals surface area contributed by atoms with E-state index in [-0.39, 0.29) is 30.7 Å². The second kappa shape index (κ2) is 6.53. The molecule has 1 saturated heterocycles. The van der Waals surface area contributed by atoms with Gasteiger partial charge in [-0.3, -0.25) is 9.59 Å². The van der Waals surface area contributed by atoms with Crippen LogP contribution in [-0.4, -0.2) is 70.0 Å². The van der Waals surface area contributed by atoms with Gasteiger partial charge in [0.25, 0.3) is 0 Å². The van der Waals surface area contributed by atoms with Crippen molar-refractivity contribution < 1.29 is 14.7 Å². The van der Waals surface area contributed by atoms with Gasteiger partial charge in [-0.2, -0.15) is 0 Å². The van der Waals surface area contributed by atoms with Crippen LogP contribution >= 0.6 is 0 Å². The zero-order valence-electron chi connectivity index (χ0n) is 12.2. The molecule has 2 amide bonds. The van der Waals surface area contributed by atoms with E-state index in [4.69, 9.17) is 0 Å². The van der Waals surface area contributed by atoms with Crippen LogP contribution in [0.2, 0.25) is 0 Å². The van der Waals surface area contributed by atoms with E-state index in [0.717, 1.165) is 5.69 Å². The van der Waals surface area contributed by atoms with Crippen LogP contribution in [0.5, 0.6) is 0 Å². The summed E-state index contributed by atoms with van der Waals surface area (Å²) in [5.74, 6) is -0.422. The Kier molecular flexibility index (Phi) is 4.74. The van der Waals surface area contributed by atoms with E-state index in [9.17, 15) is 14.7 Å². The average Bonchev–Trinajstić information content (AvgIpc) is 3.06. The maximum atomic E-state index is 12.0. The van der Waals surface area contributed by atoms with Gasteiger partial charge in [0.2, 0.25) is 11.8 Å². The van der Waals surface area contributed by atoms with Crippen LogP contribution < -0.4 is 0 Å². The third kappa shape index (κ3) is 3.91. The Morgan fingerprint density at radius 1 is 1.52 bits per heavy atom. The molecule has 7 heteroatoms. The molecule has 2 heterocycles. The fourth-order valence-corrected chi connectivity index (χ4v) is 2.27. The van der Waals surface area contributed by atoms with E-state index < -0.39 is 6.10 Å². The molecule has 0 radical (unpaired) electrons. The number of β-amino-alcohol motifs (C(OH)–C–C–N with tert-alkyl or cyclic N) is 1. The van der Waals surface area contributed by atoms with Gasteiger partial charge < -0.3 is 19.9 Å². The maximum absolute atomic E-state index is 12.0. The largest absolute Gasteiger partial charge is 0.391 e. The highest BCUT2D eigenvalue weighted by molar-refractivity contribution is 5.91. The zero-order valence-corrected chi connectivity index (χ0v) is 12.2. The quantitative estimate of drug-likeness (QED) is 0.747. The lowest BCUT2D eigenvalue weighted by Crippen LogP contribution is -2.29. The van der Waals surface area contributed by atoms with Gasteiger partial charge >= 0.3 is 0 Å². The van der Waals surface area contributed by atoms with Crippen LogP contribution in [0.1, 0.15) is 12.1 Å². The van der Waals surface area contributed by atoms with Crippen LogP contribution in [0.25, 0.3) is 6.08 Å². The van der Waals surface area contributed by atoms with Crippen molar-refractivity contribution in [2.75, 3.05) is 27.2 Å². The van der Waals surface area contributed by atoms with Gasteiger partial charge in [-0.15, -0.1) is 0 Å². The monoisotopic (exact) mass is 292 g/mol. The lowest BCUT2D eigenvalue weighted by molar-refractivity contribution is -0.130. The molecular formula is C14H20N4O3. The Bertz CT molecular complexity index is 524. The van der Waals surface area contributed by atoms with Gasteiger partial charge in [0.15, 0.2) is 0 Å². The van der Waals surface area contributed by atoms with Crippen LogP contribution in [0.4, 0.5) is 0 Å². The molecule has 1 fully saturated rings. The van der Waals surface area contributed by atoms with Crippen molar-refractivity contribution in [1.29, 1.82) is 0 Å². The number of aliphatic hydroxyl groups is 1. The Morgan fingerprint density at radius 3 is 2.90 bits per heavy atom. The molecule has 1 aliphatic heterocycles. The van der Waals surface area contributed by atoms with Gasteiger partial charge in [0, 0.05) is 45.6 Å². The molecule has 2 N–H and O–H groups in total. The molecule has 0 bridgehead atoms. The van der Waals surface area contributed by atoms with Crippen molar-refractivity contribution in [3.63, 3.8) is 0 Å². The highest BCUT2D eigenvalue weighted by atomic mass is 16.3. The fraction of sp³-hybridized carbons (Fsp3) is 0.500. The van der Waals surface area contributed by atoms with Gasteiger partial charge in [-0.05, 0) is 6.08 Å². The van der Waals surface area contributed by atoms with E-state index in [1.807, 2.05) is 0 Å². The summed E-state index contributed by atoms with van der Waals surface area (Å²) < 4.78 is 0. The van der Waals surface area contributed by atoms with Crippen LogP contribution in [-0.2, 0) is 9.59 Å². The van der Waals surface area contributed by atoms with E-state index >= 15 is 0 Å². The summed E-state index contributed by atoms with van der Waals surface area (Å²) >= 11 is 0. The summed E-state index contributed by atoms with van der Waals surface area (Å²) in [5, 5.41) is 9.99. The second-order valence-corrected chi connectivity index (χ2v) is 5.40. The third-order valence-corrected chi connectivity index (χ3v) is 3.58. The summed E-state index contributed by atoms with van der Waals surface area (Å²) in [6, 6.07) is 0. The molecule has 0 aromatic carbocycles. The molecule has 0 aliphatic carbocycles. The van der Waals surface area contributed by atoms with E-state index in [2.05, 4.69) is 9.97 Å². The third-order valence-electron chi connectivity index (χ3n) is 3.58. The Labute approximate surface area is 123 Å². The first-order chi connectivity index (χ1) is 9.97. The molecular weight excluding hydrogens is 272 g/mol. The van der Waals surface area contributed by atoms with Crippen molar-refractivity contribution in [1.82, 2.24) is 19.8 Å². The number of aromatic nitrogens is 2. The smallest absolute Gasteiger partial charge is 0.246 e. The summed E-state index contributed by atoms with van der Waals surface area (Å²) in [4.78, 5) is 33.5. The molecule has 0 spiro atoms. The van der Waals surface area contributed by atoms with Crippen molar-refractivity contribution >= 4 is 17.9 Å². The molecule has 114 valence electrons. The van der Waals surface area contributed by atoms with E-state index in [1.165, 1.54) is 17.3 Å². The molecule has 7 nitrogen and oxygen atoms in total. The number of aliphatic hydroxyl groups excluding tert-OH is 1. The number of nitrogens with one attached hydrogen (secondary N) is 1. The van der Waals surface area contributed by atoms with Gasteiger partial charge in [0.05, 0.1) is 24.3 Å². The van der Waals surface area contributed by atoms with Crippen LogP contribution in [0, 0.1) is 5.92 Å². The number of carbonyl (C=O) groups is 2. The summed E-state index contributed by atoms with van der Waals surface area (Å²) in [6.07, 6.45) is 5.82. The second-order valence-electron chi connectivity index (χ2n) is 5.40. The number of amides is 2. The summed E-state index contributed by atoms with van der Waals surface area (Å²) in [7, 11) is 3.36. The number of hydrogen-bond acceptors (Lipinski definition) is 4. The van der Waals surface area contributed by atoms with Gasteiger partial charge in [0.1, 0.15) is 0 Å². The Morgan fingerprint density at radius 2 is 2.29 bits per heavy atom. The first kappa shape index (κ1) is 15.2. The van der Waals surface area contributed by atoms with Crippen molar-refractivity contribution in [2.24, 2.45) is 5.92 Å². The first-order valence-electron chi connectivity index (χ1n) is 6.81. The normalized spacial score (nSPS) is 22.0. The molecule has 0 unspecified atom stereocenters. The van der Waals surface area contributed by atoms with Crippen LogP contribution in [0.3, 0.4) is 0 Å². The SMILES string of the molecule is CN(C)C(=O)C[C@H]1CN(C(=O)/C=C/c2cnc[nH]2)C[C@@H]1O. The van der Waals surface area contributed by atoms with Crippen LogP contribution in [0.15, 0.2) is 18.6 Å². The highest BCUT2D eigenvalue weighted by Gasteiger charge is 2.34. The Balaban J connectivity index is 1.91. The Hall–Kier alpha value is -2.15. The number of nitrogens with zero attached hydrogens (tertiary/aromatic N) is 3. The van der Waals surface area contributed by atoms with Crippen molar-refractivity contribution in [2.45, 2.75) is 12.5 Å². The fourth-order valence-electron chi connectivity index (χ4n) is 2.27. The maximum Gasteiger partial charge on any atom is 0.246 e. The van der Waals surface area contributed by atoms with Gasteiger partial charge in [-0.25, -0.2) is 4.98 Å². The highest BCUT2D eigenvalue weighted by Crippen LogP contribution is 2.21. The van der Waals surface area contributed by atoms with E-state index in [0.29, 0.717) is 6.54 Å². The van der Waals surface area contributed by atoms with Crippen molar-refractivity contribution in [3.05, 3.63) is 24.3 Å². The molecule has 2 atom stereocenters.